The molecule has 5 heteroatoms. The van der Waals surface area contributed by atoms with Crippen LogP contribution in [0.15, 0.2) is 24.3 Å². The Labute approximate surface area is 112 Å². The van der Waals surface area contributed by atoms with Gasteiger partial charge >= 0.3 is 0 Å². The second kappa shape index (κ2) is 6.12. The number of hydrogen-bond acceptors (Lipinski definition) is 3. The van der Waals surface area contributed by atoms with E-state index in [1.807, 2.05) is 0 Å². The van der Waals surface area contributed by atoms with Gasteiger partial charge in [0, 0.05) is 25.8 Å². The van der Waals surface area contributed by atoms with Crippen molar-refractivity contribution in [2.24, 2.45) is 0 Å². The Morgan fingerprint density at radius 1 is 1.47 bits per heavy atom. The number of carbonyl (C=O) groups is 1. The Morgan fingerprint density at radius 2 is 2.21 bits per heavy atom. The number of ether oxygens (including phenoxy) is 1. The normalized spacial score (nSPS) is 22.4. The van der Waals surface area contributed by atoms with Gasteiger partial charge in [-0.2, -0.15) is 0 Å². The lowest BCUT2D eigenvalue weighted by molar-refractivity contribution is 0.0875. The number of nitrogens with one attached hydrogen (secondary N) is 2. The van der Waals surface area contributed by atoms with E-state index in [4.69, 9.17) is 4.74 Å². The molecule has 4 nitrogen and oxygen atoms in total. The molecule has 1 unspecified atom stereocenters. The van der Waals surface area contributed by atoms with Gasteiger partial charge in [0.05, 0.1) is 5.54 Å². The zero-order valence-corrected chi connectivity index (χ0v) is 11.0. The predicted octanol–water partition coefficient (Wildman–Crippen LogP) is 1.32. The molecule has 0 aliphatic carbocycles. The third-order valence-corrected chi connectivity index (χ3v) is 3.51. The molecule has 1 fully saturated rings. The molecule has 0 radical (unpaired) electrons. The fourth-order valence-corrected chi connectivity index (χ4v) is 2.34. The molecule has 0 saturated carbocycles. The van der Waals surface area contributed by atoms with Crippen LogP contribution in [0.3, 0.4) is 0 Å². The number of amides is 1. The first-order chi connectivity index (χ1) is 9.15. The molecule has 2 rings (SSSR count). The van der Waals surface area contributed by atoms with E-state index in [0.717, 1.165) is 25.9 Å². The monoisotopic (exact) mass is 266 g/mol. The van der Waals surface area contributed by atoms with E-state index in [1.165, 1.54) is 24.3 Å². The number of halogens is 1. The average Bonchev–Trinajstić information content (AvgIpc) is 2.86. The minimum Gasteiger partial charge on any atom is -0.385 e. The SMILES string of the molecule is COCCC1(NC(=O)c2ccc(F)cc2)CCNC1. The second-order valence-electron chi connectivity index (χ2n) is 4.91. The van der Waals surface area contributed by atoms with Gasteiger partial charge in [0.25, 0.3) is 5.91 Å². The molecule has 1 aromatic carbocycles. The maximum atomic E-state index is 12.8. The van der Waals surface area contributed by atoms with Crippen LogP contribution in [0.4, 0.5) is 4.39 Å². The molecule has 1 aliphatic rings. The van der Waals surface area contributed by atoms with Gasteiger partial charge < -0.3 is 15.4 Å². The van der Waals surface area contributed by atoms with Crippen molar-refractivity contribution >= 4 is 5.91 Å². The summed E-state index contributed by atoms with van der Waals surface area (Å²) in [6.07, 6.45) is 1.65. The molecule has 1 amide bonds. The Morgan fingerprint density at radius 3 is 2.79 bits per heavy atom. The van der Waals surface area contributed by atoms with Gasteiger partial charge in [-0.15, -0.1) is 0 Å². The van der Waals surface area contributed by atoms with E-state index in [-0.39, 0.29) is 17.3 Å². The van der Waals surface area contributed by atoms with Crippen LogP contribution in [0.5, 0.6) is 0 Å². The quantitative estimate of drug-likeness (QED) is 0.845. The maximum Gasteiger partial charge on any atom is 0.251 e. The van der Waals surface area contributed by atoms with Crippen LogP contribution >= 0.6 is 0 Å². The summed E-state index contributed by atoms with van der Waals surface area (Å²) in [6, 6.07) is 5.58. The van der Waals surface area contributed by atoms with E-state index in [1.54, 1.807) is 7.11 Å². The van der Waals surface area contributed by atoms with Crippen molar-refractivity contribution in [1.82, 2.24) is 10.6 Å². The van der Waals surface area contributed by atoms with Gasteiger partial charge in [0.1, 0.15) is 5.82 Å². The van der Waals surface area contributed by atoms with Crippen LogP contribution in [0.2, 0.25) is 0 Å². The van der Waals surface area contributed by atoms with E-state index in [2.05, 4.69) is 10.6 Å². The smallest absolute Gasteiger partial charge is 0.251 e. The van der Waals surface area contributed by atoms with Crippen LogP contribution in [-0.2, 0) is 4.74 Å². The third kappa shape index (κ3) is 3.52. The zero-order chi connectivity index (χ0) is 13.7. The van der Waals surface area contributed by atoms with Crippen LogP contribution < -0.4 is 10.6 Å². The lowest BCUT2D eigenvalue weighted by Gasteiger charge is -2.29. The van der Waals surface area contributed by atoms with Crippen molar-refractivity contribution in [1.29, 1.82) is 0 Å². The topological polar surface area (TPSA) is 50.4 Å². The average molecular weight is 266 g/mol. The number of carbonyl (C=O) groups excluding carboxylic acids is 1. The van der Waals surface area contributed by atoms with Crippen molar-refractivity contribution in [3.63, 3.8) is 0 Å². The number of benzene rings is 1. The Hall–Kier alpha value is -1.46. The first kappa shape index (κ1) is 14.0. The Bertz CT molecular complexity index is 428. The van der Waals surface area contributed by atoms with Gasteiger partial charge in [0.15, 0.2) is 0 Å². The third-order valence-electron chi connectivity index (χ3n) is 3.51. The van der Waals surface area contributed by atoms with E-state index in [9.17, 15) is 9.18 Å². The summed E-state index contributed by atoms with van der Waals surface area (Å²) in [7, 11) is 1.65. The second-order valence-corrected chi connectivity index (χ2v) is 4.91. The summed E-state index contributed by atoms with van der Waals surface area (Å²) in [4.78, 5) is 12.2. The maximum absolute atomic E-state index is 12.8. The molecule has 1 atom stereocenters. The van der Waals surface area contributed by atoms with Gasteiger partial charge in [-0.05, 0) is 43.7 Å². The molecule has 0 spiro atoms. The number of methoxy groups -OCH3 is 1. The largest absolute Gasteiger partial charge is 0.385 e. The minimum atomic E-state index is -0.340. The van der Waals surface area contributed by atoms with Crippen LogP contribution in [0.1, 0.15) is 23.2 Å². The van der Waals surface area contributed by atoms with Crippen molar-refractivity contribution in [2.45, 2.75) is 18.4 Å². The van der Waals surface area contributed by atoms with Crippen molar-refractivity contribution < 1.29 is 13.9 Å². The number of rotatable bonds is 5. The molecule has 19 heavy (non-hydrogen) atoms. The molecular weight excluding hydrogens is 247 g/mol. The van der Waals surface area contributed by atoms with Crippen molar-refractivity contribution in [3.05, 3.63) is 35.6 Å². The summed E-state index contributed by atoms with van der Waals surface area (Å²) in [5, 5.41) is 6.32. The van der Waals surface area contributed by atoms with Crippen molar-refractivity contribution in [3.8, 4) is 0 Å². The molecule has 1 saturated heterocycles. The van der Waals surface area contributed by atoms with E-state index < -0.39 is 0 Å². The first-order valence-electron chi connectivity index (χ1n) is 6.43. The molecule has 1 aromatic rings. The highest BCUT2D eigenvalue weighted by atomic mass is 19.1. The van der Waals surface area contributed by atoms with Crippen LogP contribution in [-0.4, -0.2) is 38.3 Å². The summed E-state index contributed by atoms with van der Waals surface area (Å²) in [5.41, 5.74) is 0.215. The lowest BCUT2D eigenvalue weighted by Crippen LogP contribution is -2.50. The zero-order valence-electron chi connectivity index (χ0n) is 11.0. The molecule has 1 heterocycles. The Kier molecular flexibility index (Phi) is 4.50. The highest BCUT2D eigenvalue weighted by Gasteiger charge is 2.35. The van der Waals surface area contributed by atoms with Gasteiger partial charge in [-0.25, -0.2) is 4.39 Å². The fraction of sp³-hybridized carbons (Fsp3) is 0.500. The highest BCUT2D eigenvalue weighted by molar-refractivity contribution is 5.94. The summed E-state index contributed by atoms with van der Waals surface area (Å²) in [6.45, 7) is 2.22. The summed E-state index contributed by atoms with van der Waals surface area (Å²) in [5.74, 6) is -0.506. The molecule has 0 bridgehead atoms. The van der Waals surface area contributed by atoms with E-state index >= 15 is 0 Å². The standard InChI is InChI=1S/C14H19FN2O2/c1-19-9-7-14(6-8-16-10-14)17-13(18)11-2-4-12(15)5-3-11/h2-5,16H,6-10H2,1H3,(H,17,18). The van der Waals surface area contributed by atoms with Gasteiger partial charge in [-0.3, -0.25) is 4.79 Å². The number of hydrogen-bond donors (Lipinski definition) is 2. The fourth-order valence-electron chi connectivity index (χ4n) is 2.34. The van der Waals surface area contributed by atoms with Gasteiger partial charge in [0.2, 0.25) is 0 Å². The minimum absolute atomic E-state index is 0.167. The molecule has 1 aliphatic heterocycles. The van der Waals surface area contributed by atoms with Gasteiger partial charge in [-0.1, -0.05) is 0 Å². The predicted molar refractivity (Wildman–Crippen MR) is 70.6 cm³/mol. The summed E-state index contributed by atoms with van der Waals surface area (Å²) < 4.78 is 17.9. The summed E-state index contributed by atoms with van der Waals surface area (Å²) >= 11 is 0. The molecule has 104 valence electrons. The van der Waals surface area contributed by atoms with Crippen LogP contribution in [0, 0.1) is 5.82 Å². The molecule has 2 N–H and O–H groups in total. The van der Waals surface area contributed by atoms with E-state index in [0.29, 0.717) is 12.2 Å². The Balaban J connectivity index is 2.04. The molecular formula is C14H19FN2O2. The highest BCUT2D eigenvalue weighted by Crippen LogP contribution is 2.20. The van der Waals surface area contributed by atoms with Crippen molar-refractivity contribution in [2.75, 3.05) is 26.8 Å². The lowest BCUT2D eigenvalue weighted by atomic mass is 9.94. The first-order valence-corrected chi connectivity index (χ1v) is 6.43. The van der Waals surface area contributed by atoms with Crippen LogP contribution in [0.25, 0.3) is 0 Å². The molecule has 0 aromatic heterocycles.